The van der Waals surface area contributed by atoms with Gasteiger partial charge in [0.1, 0.15) is 18.5 Å². The number of nitrogens with zero attached hydrogens (tertiary/aromatic N) is 2. The van der Waals surface area contributed by atoms with Gasteiger partial charge in [-0.1, -0.05) is 18.2 Å². The second-order valence-electron chi connectivity index (χ2n) is 5.10. The Morgan fingerprint density at radius 3 is 2.71 bits per heavy atom. The molecule has 0 amide bonds. The molecule has 0 aliphatic heterocycles. The molecule has 114 valence electrons. The molecule has 0 bridgehead atoms. The average molecular weight is 290 g/mol. The summed E-state index contributed by atoms with van der Waals surface area (Å²) in [5.41, 5.74) is 1.49. The molecule has 1 unspecified atom stereocenters. The molecule has 0 aliphatic rings. The molecule has 0 radical (unpaired) electrons. The Hall–Kier alpha value is -1.85. The highest BCUT2D eigenvalue weighted by atomic mass is 16.5. The molecule has 1 aromatic carbocycles. The van der Waals surface area contributed by atoms with E-state index in [0.717, 1.165) is 11.3 Å². The number of aliphatic hydroxyl groups is 1. The third-order valence-corrected chi connectivity index (χ3v) is 3.29. The monoisotopic (exact) mass is 290 g/mol. The summed E-state index contributed by atoms with van der Waals surface area (Å²) in [5, 5.41) is 10.7. The quantitative estimate of drug-likeness (QED) is 0.796. The minimum absolute atomic E-state index is 0.235. The molecule has 2 rings (SSSR count). The van der Waals surface area contributed by atoms with Gasteiger partial charge in [0.25, 0.3) is 0 Å². The maximum Gasteiger partial charge on any atom is 0.125 e. The molecule has 5 heteroatoms. The second-order valence-corrected chi connectivity index (χ2v) is 5.10. The average Bonchev–Trinajstić information content (AvgIpc) is 2.97. The Labute approximate surface area is 125 Å². The van der Waals surface area contributed by atoms with E-state index in [1.807, 2.05) is 28.8 Å². The van der Waals surface area contributed by atoms with Crippen molar-refractivity contribution in [3.63, 3.8) is 0 Å². The Balaban J connectivity index is 2.26. The van der Waals surface area contributed by atoms with E-state index in [1.54, 1.807) is 19.6 Å². The maximum absolute atomic E-state index is 10.7. The van der Waals surface area contributed by atoms with E-state index in [1.165, 1.54) is 0 Å². The largest absolute Gasteiger partial charge is 0.491 e. The summed E-state index contributed by atoms with van der Waals surface area (Å²) >= 11 is 0. The van der Waals surface area contributed by atoms with Gasteiger partial charge in [-0.15, -0.1) is 0 Å². The molecule has 1 atom stereocenters. The van der Waals surface area contributed by atoms with Gasteiger partial charge in [-0.25, -0.2) is 4.98 Å². The molecule has 0 saturated heterocycles. The van der Waals surface area contributed by atoms with Crippen LogP contribution in [-0.2, 0) is 4.74 Å². The number of ether oxygens (including phenoxy) is 2. The van der Waals surface area contributed by atoms with Gasteiger partial charge in [0.05, 0.1) is 24.8 Å². The first-order valence-electron chi connectivity index (χ1n) is 7.05. The second kappa shape index (κ2) is 7.24. The molecule has 1 N–H and O–H groups in total. The first-order valence-corrected chi connectivity index (χ1v) is 7.05. The van der Waals surface area contributed by atoms with Crippen molar-refractivity contribution < 1.29 is 14.6 Å². The van der Waals surface area contributed by atoms with Crippen molar-refractivity contribution >= 4 is 0 Å². The van der Waals surface area contributed by atoms with Crippen LogP contribution in [0, 0.1) is 0 Å². The molecule has 1 aromatic heterocycles. The van der Waals surface area contributed by atoms with Gasteiger partial charge in [-0.2, -0.15) is 0 Å². The number of aliphatic hydroxyl groups excluding tert-OH is 1. The number of hydrogen-bond donors (Lipinski definition) is 1. The number of para-hydroxylation sites is 1. The highest BCUT2D eigenvalue weighted by Crippen LogP contribution is 2.30. The van der Waals surface area contributed by atoms with E-state index >= 15 is 0 Å². The number of rotatable bonds is 7. The molecule has 2 aromatic rings. The zero-order valence-corrected chi connectivity index (χ0v) is 12.7. The number of aromatic nitrogens is 2. The summed E-state index contributed by atoms with van der Waals surface area (Å²) in [6.45, 7) is 5.07. The zero-order chi connectivity index (χ0) is 15.2. The van der Waals surface area contributed by atoms with Crippen LogP contribution in [0.15, 0.2) is 36.8 Å². The van der Waals surface area contributed by atoms with Gasteiger partial charge < -0.3 is 19.1 Å². The van der Waals surface area contributed by atoms with Crippen LogP contribution < -0.4 is 4.74 Å². The van der Waals surface area contributed by atoms with Crippen LogP contribution in [0.4, 0.5) is 0 Å². The van der Waals surface area contributed by atoms with E-state index in [4.69, 9.17) is 9.47 Å². The molecule has 5 nitrogen and oxygen atoms in total. The topological polar surface area (TPSA) is 56.5 Å². The molecular weight excluding hydrogens is 268 g/mol. The summed E-state index contributed by atoms with van der Waals surface area (Å²) in [6.07, 6.45) is 2.66. The SMILES string of the molecule is COCCOc1ccccc1C(O)c1cncn1C(C)C. The van der Waals surface area contributed by atoms with Crippen LogP contribution >= 0.6 is 0 Å². The van der Waals surface area contributed by atoms with Crippen LogP contribution in [0.2, 0.25) is 0 Å². The third-order valence-electron chi connectivity index (χ3n) is 3.29. The van der Waals surface area contributed by atoms with Gasteiger partial charge in [0.2, 0.25) is 0 Å². The molecule has 1 heterocycles. The van der Waals surface area contributed by atoms with Gasteiger partial charge in [-0.05, 0) is 19.9 Å². The predicted octanol–water partition coefficient (Wildman–Crippen LogP) is 2.57. The molecule has 0 fully saturated rings. The molecule has 21 heavy (non-hydrogen) atoms. The minimum atomic E-state index is -0.770. The smallest absolute Gasteiger partial charge is 0.125 e. The van der Waals surface area contributed by atoms with Crippen molar-refractivity contribution in [3.05, 3.63) is 48.0 Å². The Morgan fingerprint density at radius 2 is 2.00 bits per heavy atom. The number of hydrogen-bond acceptors (Lipinski definition) is 4. The van der Waals surface area contributed by atoms with Gasteiger partial charge in [0.15, 0.2) is 0 Å². The van der Waals surface area contributed by atoms with E-state index in [2.05, 4.69) is 18.8 Å². The molecule has 0 saturated carbocycles. The first-order chi connectivity index (χ1) is 10.1. The predicted molar refractivity (Wildman–Crippen MR) is 80.5 cm³/mol. The molecular formula is C16H22N2O3. The lowest BCUT2D eigenvalue weighted by molar-refractivity contribution is 0.142. The van der Waals surface area contributed by atoms with Crippen LogP contribution in [0.5, 0.6) is 5.75 Å². The lowest BCUT2D eigenvalue weighted by atomic mass is 10.1. The summed E-state index contributed by atoms with van der Waals surface area (Å²) in [6, 6.07) is 7.73. The fourth-order valence-corrected chi connectivity index (χ4v) is 2.19. The van der Waals surface area contributed by atoms with Gasteiger partial charge in [-0.3, -0.25) is 0 Å². The van der Waals surface area contributed by atoms with Crippen molar-refractivity contribution in [2.45, 2.75) is 26.0 Å². The van der Waals surface area contributed by atoms with Gasteiger partial charge >= 0.3 is 0 Å². The van der Waals surface area contributed by atoms with E-state index < -0.39 is 6.10 Å². The maximum atomic E-state index is 10.7. The Kier molecular flexibility index (Phi) is 5.36. The van der Waals surface area contributed by atoms with Crippen LogP contribution in [0.3, 0.4) is 0 Å². The summed E-state index contributed by atoms with van der Waals surface area (Å²) in [4.78, 5) is 4.14. The first kappa shape index (κ1) is 15.5. The Bertz CT molecular complexity index is 566. The normalized spacial score (nSPS) is 12.6. The van der Waals surface area contributed by atoms with Crippen LogP contribution in [-0.4, -0.2) is 35.0 Å². The lowest BCUT2D eigenvalue weighted by Crippen LogP contribution is -2.12. The van der Waals surface area contributed by atoms with Gasteiger partial charge in [0, 0.05) is 18.7 Å². The fourth-order valence-electron chi connectivity index (χ4n) is 2.19. The highest BCUT2D eigenvalue weighted by Gasteiger charge is 2.20. The zero-order valence-electron chi connectivity index (χ0n) is 12.7. The third kappa shape index (κ3) is 3.62. The van der Waals surface area contributed by atoms with Crippen molar-refractivity contribution in [3.8, 4) is 5.75 Å². The Morgan fingerprint density at radius 1 is 1.24 bits per heavy atom. The minimum Gasteiger partial charge on any atom is -0.491 e. The fraction of sp³-hybridized carbons (Fsp3) is 0.438. The number of methoxy groups -OCH3 is 1. The van der Waals surface area contributed by atoms with E-state index in [9.17, 15) is 5.11 Å². The van der Waals surface area contributed by atoms with Crippen molar-refractivity contribution in [2.75, 3.05) is 20.3 Å². The van der Waals surface area contributed by atoms with E-state index in [-0.39, 0.29) is 6.04 Å². The van der Waals surface area contributed by atoms with Crippen molar-refractivity contribution in [1.29, 1.82) is 0 Å². The van der Waals surface area contributed by atoms with Crippen LogP contribution in [0.1, 0.15) is 37.3 Å². The van der Waals surface area contributed by atoms with E-state index in [0.29, 0.717) is 19.0 Å². The van der Waals surface area contributed by atoms with Crippen molar-refractivity contribution in [2.24, 2.45) is 0 Å². The lowest BCUT2D eigenvalue weighted by Gasteiger charge is -2.19. The standard InChI is InChI=1S/C16H22N2O3/c1-12(2)18-11-17-10-14(18)16(19)13-6-4-5-7-15(13)21-9-8-20-3/h4-7,10-12,16,19H,8-9H2,1-3H3. The summed E-state index contributed by atoms with van der Waals surface area (Å²) in [7, 11) is 1.63. The molecule has 0 aliphatic carbocycles. The summed E-state index contributed by atoms with van der Waals surface area (Å²) in [5.74, 6) is 0.665. The van der Waals surface area contributed by atoms with Crippen LogP contribution in [0.25, 0.3) is 0 Å². The number of imidazole rings is 1. The van der Waals surface area contributed by atoms with Crippen molar-refractivity contribution in [1.82, 2.24) is 9.55 Å². The highest BCUT2D eigenvalue weighted by molar-refractivity contribution is 5.38. The number of benzene rings is 1. The summed E-state index contributed by atoms with van der Waals surface area (Å²) < 4.78 is 12.6. The molecule has 0 spiro atoms.